The van der Waals surface area contributed by atoms with Gasteiger partial charge >= 0.3 is 0 Å². The Morgan fingerprint density at radius 3 is 2.65 bits per heavy atom. The molecule has 1 rings (SSSR count). The van der Waals surface area contributed by atoms with E-state index in [4.69, 9.17) is 0 Å². The Balaban J connectivity index is 2.54. The van der Waals surface area contributed by atoms with Gasteiger partial charge in [-0.05, 0) is 24.0 Å². The number of halogens is 1. The van der Waals surface area contributed by atoms with Gasteiger partial charge in [0.25, 0.3) is 5.91 Å². The molecule has 0 aliphatic carbocycles. The Morgan fingerprint density at radius 2 is 2.05 bits per heavy atom. The first kappa shape index (κ1) is 16.5. The van der Waals surface area contributed by atoms with Gasteiger partial charge in [0, 0.05) is 12.6 Å². The molecule has 0 spiro atoms. The third kappa shape index (κ3) is 5.19. The second kappa shape index (κ2) is 7.27. The normalized spacial score (nSPS) is 11.4. The van der Waals surface area contributed by atoms with Crippen LogP contribution in [0, 0.1) is 11.2 Å². The summed E-state index contributed by atoms with van der Waals surface area (Å²) in [5, 5.41) is 12.4. The minimum absolute atomic E-state index is 0.0144. The molecule has 20 heavy (non-hydrogen) atoms. The summed E-state index contributed by atoms with van der Waals surface area (Å²) in [6.45, 7) is 6.90. The number of rotatable bonds is 7. The fraction of sp³-hybridized carbons (Fsp3) is 0.562. The highest BCUT2D eigenvalue weighted by atomic mass is 19.1. The van der Waals surface area contributed by atoms with Crippen molar-refractivity contribution in [3.63, 3.8) is 0 Å². The summed E-state index contributed by atoms with van der Waals surface area (Å²) in [4.78, 5) is 12.0. The lowest BCUT2D eigenvalue weighted by Gasteiger charge is -2.25. The molecule has 1 aromatic rings. The third-order valence-corrected chi connectivity index (χ3v) is 3.39. The molecule has 0 saturated heterocycles. The van der Waals surface area contributed by atoms with Crippen LogP contribution in [0.3, 0.4) is 0 Å². The highest BCUT2D eigenvalue weighted by Crippen LogP contribution is 2.23. The largest absolute Gasteiger partial charge is 0.507 e. The number of hydrogen-bond donors (Lipinski definition) is 2. The van der Waals surface area contributed by atoms with Crippen molar-refractivity contribution >= 4 is 5.91 Å². The van der Waals surface area contributed by atoms with E-state index in [9.17, 15) is 14.3 Å². The second-order valence-electron chi connectivity index (χ2n) is 5.97. The highest BCUT2D eigenvalue weighted by Gasteiger charge is 2.20. The lowest BCUT2D eigenvalue weighted by molar-refractivity contribution is 0.0931. The fourth-order valence-corrected chi connectivity index (χ4v) is 2.05. The maximum Gasteiger partial charge on any atom is 0.255 e. The summed E-state index contributed by atoms with van der Waals surface area (Å²) in [5.41, 5.74) is 0.122. The number of phenols is 1. The van der Waals surface area contributed by atoms with E-state index in [-0.39, 0.29) is 22.6 Å². The Hall–Kier alpha value is -1.58. The van der Waals surface area contributed by atoms with Crippen molar-refractivity contribution in [3.05, 3.63) is 29.6 Å². The van der Waals surface area contributed by atoms with E-state index in [0.29, 0.717) is 6.54 Å². The van der Waals surface area contributed by atoms with Crippen molar-refractivity contribution in [3.8, 4) is 5.75 Å². The first-order chi connectivity index (χ1) is 9.35. The molecule has 3 nitrogen and oxygen atoms in total. The van der Waals surface area contributed by atoms with Crippen LogP contribution in [0.15, 0.2) is 18.2 Å². The number of benzene rings is 1. The van der Waals surface area contributed by atoms with Crippen LogP contribution < -0.4 is 5.32 Å². The number of hydrogen-bond acceptors (Lipinski definition) is 2. The first-order valence-corrected chi connectivity index (χ1v) is 7.12. The summed E-state index contributed by atoms with van der Waals surface area (Å²) in [7, 11) is 0. The third-order valence-electron chi connectivity index (χ3n) is 3.39. The summed E-state index contributed by atoms with van der Waals surface area (Å²) in [5.74, 6) is -1.25. The summed E-state index contributed by atoms with van der Waals surface area (Å²) < 4.78 is 12.9. The van der Waals surface area contributed by atoms with Crippen molar-refractivity contribution in [2.45, 2.75) is 46.5 Å². The molecule has 0 aromatic heterocycles. The topological polar surface area (TPSA) is 49.3 Å². The number of carbonyl (C=O) groups excluding carboxylic acids is 1. The minimum atomic E-state index is -0.557. The average Bonchev–Trinajstić information content (AvgIpc) is 2.36. The number of aromatic hydroxyl groups is 1. The van der Waals surface area contributed by atoms with Crippen LogP contribution in [0.25, 0.3) is 0 Å². The zero-order valence-electron chi connectivity index (χ0n) is 12.5. The Labute approximate surface area is 120 Å². The molecule has 112 valence electrons. The van der Waals surface area contributed by atoms with Crippen molar-refractivity contribution in [1.29, 1.82) is 0 Å². The van der Waals surface area contributed by atoms with E-state index < -0.39 is 5.82 Å². The van der Waals surface area contributed by atoms with Gasteiger partial charge in [-0.1, -0.05) is 40.0 Å². The quantitative estimate of drug-likeness (QED) is 0.745. The van der Waals surface area contributed by atoms with Gasteiger partial charge in [-0.15, -0.1) is 0 Å². The number of phenolic OH excluding ortho intramolecular Hbond substituents is 1. The van der Waals surface area contributed by atoms with Crippen molar-refractivity contribution in [2.75, 3.05) is 6.54 Å². The Bertz CT molecular complexity index is 458. The van der Waals surface area contributed by atoms with Crippen LogP contribution in [0.1, 0.15) is 56.8 Å². The molecule has 1 aromatic carbocycles. The molecule has 0 saturated carbocycles. The van der Waals surface area contributed by atoms with Gasteiger partial charge < -0.3 is 10.4 Å². The molecule has 2 N–H and O–H groups in total. The zero-order chi connectivity index (χ0) is 15.2. The van der Waals surface area contributed by atoms with Gasteiger partial charge in [-0.3, -0.25) is 4.79 Å². The standard InChI is InChI=1S/C16H24FNO2/c1-4-5-6-9-16(2,3)11-18-15(20)13-8-7-12(17)10-14(13)19/h7-8,10,19H,4-6,9,11H2,1-3H3,(H,18,20). The molecule has 0 bridgehead atoms. The zero-order valence-corrected chi connectivity index (χ0v) is 12.5. The summed E-state index contributed by atoms with van der Waals surface area (Å²) in [6.07, 6.45) is 4.54. The lowest BCUT2D eigenvalue weighted by atomic mass is 9.87. The SMILES string of the molecule is CCCCCC(C)(C)CNC(=O)c1ccc(F)cc1O. The van der Waals surface area contributed by atoms with Crippen molar-refractivity contribution in [2.24, 2.45) is 5.41 Å². The Morgan fingerprint density at radius 1 is 1.35 bits per heavy atom. The number of unbranched alkanes of at least 4 members (excludes halogenated alkanes) is 2. The highest BCUT2D eigenvalue weighted by molar-refractivity contribution is 5.96. The van der Waals surface area contributed by atoms with E-state index in [1.165, 1.54) is 25.0 Å². The molecule has 0 unspecified atom stereocenters. The number of carbonyl (C=O) groups is 1. The van der Waals surface area contributed by atoms with Gasteiger partial charge in [0.1, 0.15) is 11.6 Å². The molecule has 4 heteroatoms. The molecule has 0 aliphatic rings. The van der Waals surface area contributed by atoms with E-state index >= 15 is 0 Å². The molecule has 1 amide bonds. The second-order valence-corrected chi connectivity index (χ2v) is 5.97. The van der Waals surface area contributed by atoms with Crippen LogP contribution in [-0.4, -0.2) is 17.6 Å². The van der Waals surface area contributed by atoms with E-state index in [1.54, 1.807) is 0 Å². The monoisotopic (exact) mass is 281 g/mol. The molecule has 0 atom stereocenters. The van der Waals surface area contributed by atoms with Gasteiger partial charge in [0.05, 0.1) is 5.56 Å². The van der Waals surface area contributed by atoms with Crippen LogP contribution in [-0.2, 0) is 0 Å². The lowest BCUT2D eigenvalue weighted by Crippen LogP contribution is -2.34. The first-order valence-electron chi connectivity index (χ1n) is 7.12. The van der Waals surface area contributed by atoms with Crippen molar-refractivity contribution < 1.29 is 14.3 Å². The smallest absolute Gasteiger partial charge is 0.255 e. The predicted octanol–water partition coefficient (Wildman–Crippen LogP) is 3.87. The molecule has 0 aliphatic heterocycles. The summed E-state index contributed by atoms with van der Waals surface area (Å²) in [6, 6.07) is 3.41. The van der Waals surface area contributed by atoms with Crippen LogP contribution in [0.5, 0.6) is 5.75 Å². The fourth-order valence-electron chi connectivity index (χ4n) is 2.05. The van der Waals surface area contributed by atoms with Crippen LogP contribution in [0.4, 0.5) is 4.39 Å². The van der Waals surface area contributed by atoms with Gasteiger partial charge in [-0.25, -0.2) is 4.39 Å². The molecule has 0 radical (unpaired) electrons. The number of amides is 1. The van der Waals surface area contributed by atoms with Crippen LogP contribution >= 0.6 is 0 Å². The molecular weight excluding hydrogens is 257 g/mol. The molecular formula is C16H24FNO2. The molecule has 0 heterocycles. The summed E-state index contributed by atoms with van der Waals surface area (Å²) >= 11 is 0. The average molecular weight is 281 g/mol. The van der Waals surface area contributed by atoms with E-state index in [2.05, 4.69) is 26.1 Å². The van der Waals surface area contributed by atoms with Crippen molar-refractivity contribution in [1.82, 2.24) is 5.32 Å². The minimum Gasteiger partial charge on any atom is -0.507 e. The van der Waals surface area contributed by atoms with Crippen LogP contribution in [0.2, 0.25) is 0 Å². The maximum atomic E-state index is 12.9. The van der Waals surface area contributed by atoms with Gasteiger partial charge in [0.15, 0.2) is 0 Å². The maximum absolute atomic E-state index is 12.9. The van der Waals surface area contributed by atoms with Gasteiger partial charge in [-0.2, -0.15) is 0 Å². The van der Waals surface area contributed by atoms with Gasteiger partial charge in [0.2, 0.25) is 0 Å². The Kier molecular flexibility index (Phi) is 5.99. The molecule has 0 fully saturated rings. The van der Waals surface area contributed by atoms with E-state index in [1.807, 2.05) is 0 Å². The predicted molar refractivity (Wildman–Crippen MR) is 78.3 cm³/mol. The number of nitrogens with one attached hydrogen (secondary N) is 1. The van der Waals surface area contributed by atoms with E-state index in [0.717, 1.165) is 18.9 Å².